The van der Waals surface area contributed by atoms with Gasteiger partial charge in [-0.05, 0) is 38.1 Å². The number of fused-ring (bicyclic) bond motifs is 1. The van der Waals surface area contributed by atoms with E-state index in [1.165, 1.54) is 6.92 Å². The molecule has 22 heavy (non-hydrogen) atoms. The summed E-state index contributed by atoms with van der Waals surface area (Å²) in [5, 5.41) is 0. The Labute approximate surface area is 128 Å². The molecular weight excluding hydrogens is 302 g/mol. The van der Waals surface area contributed by atoms with Crippen molar-refractivity contribution in [2.24, 2.45) is 0 Å². The van der Waals surface area contributed by atoms with Crippen molar-refractivity contribution in [2.45, 2.75) is 13.8 Å². The Balaban J connectivity index is 2.14. The molecule has 1 aromatic heterocycles. The Hall–Kier alpha value is -2.34. The lowest BCUT2D eigenvalue weighted by molar-refractivity contribution is 0.487. The summed E-state index contributed by atoms with van der Waals surface area (Å²) in [6, 6.07) is 12.6. The molecule has 0 amide bonds. The molecule has 0 saturated carbocycles. The third-order valence-electron chi connectivity index (χ3n) is 3.23. The van der Waals surface area contributed by atoms with Crippen LogP contribution in [0.3, 0.4) is 0 Å². The number of benzene rings is 2. The number of nitrogens with zero attached hydrogens (tertiary/aromatic N) is 1. The first-order valence-corrected chi connectivity index (χ1v) is 8.45. The molecule has 114 valence electrons. The van der Waals surface area contributed by atoms with E-state index in [1.54, 1.807) is 18.2 Å². The number of oxazole rings is 1. The van der Waals surface area contributed by atoms with E-state index < -0.39 is 10.1 Å². The van der Waals surface area contributed by atoms with E-state index in [0.29, 0.717) is 22.6 Å². The summed E-state index contributed by atoms with van der Waals surface area (Å²) in [7, 11) is -3.62. The summed E-state index contributed by atoms with van der Waals surface area (Å²) < 4.78 is 34.3. The molecule has 0 radical (unpaired) electrons. The predicted molar refractivity (Wildman–Crippen MR) is 84.3 cm³/mol. The largest absolute Gasteiger partial charge is 0.436 e. The summed E-state index contributed by atoms with van der Waals surface area (Å²) in [6.07, 6.45) is 0. The second-order valence-electron chi connectivity index (χ2n) is 4.92. The zero-order chi connectivity index (χ0) is 15.7. The molecule has 0 spiro atoms. The highest BCUT2D eigenvalue weighted by molar-refractivity contribution is 7.87. The number of hydrogen-bond acceptors (Lipinski definition) is 5. The normalized spacial score (nSPS) is 11.7. The number of aryl methyl sites for hydroxylation is 1. The van der Waals surface area contributed by atoms with Gasteiger partial charge in [0.1, 0.15) is 5.52 Å². The van der Waals surface area contributed by atoms with Gasteiger partial charge in [0.05, 0.1) is 11.3 Å². The zero-order valence-corrected chi connectivity index (χ0v) is 13.1. The Bertz CT molecular complexity index is 895. The molecule has 0 aliphatic carbocycles. The number of hydrogen-bond donors (Lipinski definition) is 0. The SMILES string of the molecule is CCS(=O)(=O)Oc1ccc(C)cc1-c1nc2ccccc2o1. The lowest BCUT2D eigenvalue weighted by atomic mass is 10.1. The molecule has 0 bridgehead atoms. The van der Waals surface area contributed by atoms with Gasteiger partial charge in [-0.3, -0.25) is 0 Å². The average Bonchev–Trinajstić information content (AvgIpc) is 2.92. The van der Waals surface area contributed by atoms with Crippen molar-refractivity contribution in [3.63, 3.8) is 0 Å². The van der Waals surface area contributed by atoms with Crippen LogP contribution in [0.4, 0.5) is 0 Å². The lowest BCUT2D eigenvalue weighted by Crippen LogP contribution is -2.12. The highest BCUT2D eigenvalue weighted by Gasteiger charge is 2.18. The van der Waals surface area contributed by atoms with Crippen molar-refractivity contribution in [3.05, 3.63) is 48.0 Å². The van der Waals surface area contributed by atoms with Crippen molar-refractivity contribution >= 4 is 21.2 Å². The van der Waals surface area contributed by atoms with E-state index in [1.807, 2.05) is 31.2 Å². The summed E-state index contributed by atoms with van der Waals surface area (Å²) in [6.45, 7) is 3.44. The maximum atomic E-state index is 11.7. The van der Waals surface area contributed by atoms with Gasteiger partial charge < -0.3 is 8.60 Å². The van der Waals surface area contributed by atoms with Crippen LogP contribution in [-0.2, 0) is 10.1 Å². The van der Waals surface area contributed by atoms with E-state index in [4.69, 9.17) is 8.60 Å². The first-order chi connectivity index (χ1) is 10.5. The molecule has 5 nitrogen and oxygen atoms in total. The first kappa shape index (κ1) is 14.6. The van der Waals surface area contributed by atoms with Crippen molar-refractivity contribution in [1.29, 1.82) is 0 Å². The van der Waals surface area contributed by atoms with Crippen molar-refractivity contribution in [3.8, 4) is 17.2 Å². The second kappa shape index (κ2) is 5.46. The third kappa shape index (κ3) is 2.82. The number of rotatable bonds is 4. The standard InChI is InChI=1S/C16H15NO4S/c1-3-22(18,19)21-14-9-8-11(2)10-12(14)16-17-13-6-4-5-7-15(13)20-16/h4-10H,3H2,1-2H3. The van der Waals surface area contributed by atoms with Gasteiger partial charge in [0, 0.05) is 0 Å². The van der Waals surface area contributed by atoms with Crippen LogP contribution < -0.4 is 4.18 Å². The van der Waals surface area contributed by atoms with Crippen molar-refractivity contribution in [1.82, 2.24) is 4.98 Å². The maximum Gasteiger partial charge on any atom is 0.308 e. The Morgan fingerprint density at radius 2 is 1.95 bits per heavy atom. The van der Waals surface area contributed by atoms with Gasteiger partial charge in [-0.1, -0.05) is 23.8 Å². The fourth-order valence-electron chi connectivity index (χ4n) is 2.07. The molecule has 0 unspecified atom stereocenters. The second-order valence-corrected chi connectivity index (χ2v) is 6.78. The highest BCUT2D eigenvalue weighted by Crippen LogP contribution is 2.33. The van der Waals surface area contributed by atoms with Crippen molar-refractivity contribution < 1.29 is 17.0 Å². The summed E-state index contributed by atoms with van der Waals surface area (Å²) in [5.74, 6) is 0.457. The van der Waals surface area contributed by atoms with E-state index in [2.05, 4.69) is 4.98 Å². The van der Waals surface area contributed by atoms with Crippen LogP contribution in [0.2, 0.25) is 0 Å². The molecular formula is C16H15NO4S. The Kier molecular flexibility index (Phi) is 3.62. The topological polar surface area (TPSA) is 69.4 Å². The average molecular weight is 317 g/mol. The Morgan fingerprint density at radius 3 is 2.68 bits per heavy atom. The van der Waals surface area contributed by atoms with Crippen LogP contribution in [0.25, 0.3) is 22.6 Å². The fraction of sp³-hybridized carbons (Fsp3) is 0.188. The molecule has 0 fully saturated rings. The zero-order valence-electron chi connectivity index (χ0n) is 12.2. The van der Waals surface area contributed by atoms with Gasteiger partial charge in [-0.2, -0.15) is 8.42 Å². The fourth-order valence-corrected chi connectivity index (χ4v) is 2.60. The molecule has 0 aliphatic rings. The quantitative estimate of drug-likeness (QED) is 0.688. The van der Waals surface area contributed by atoms with Gasteiger partial charge in [0.2, 0.25) is 5.89 Å². The molecule has 0 atom stereocenters. The van der Waals surface area contributed by atoms with E-state index >= 15 is 0 Å². The van der Waals surface area contributed by atoms with Crippen molar-refractivity contribution in [2.75, 3.05) is 5.75 Å². The van der Waals surface area contributed by atoms with Crippen LogP contribution in [0.1, 0.15) is 12.5 Å². The van der Waals surface area contributed by atoms with Gasteiger partial charge >= 0.3 is 10.1 Å². The molecule has 6 heteroatoms. The van der Waals surface area contributed by atoms with E-state index in [9.17, 15) is 8.42 Å². The molecule has 3 rings (SSSR count). The molecule has 0 aliphatic heterocycles. The molecule has 0 saturated heterocycles. The van der Waals surface area contributed by atoms with E-state index in [-0.39, 0.29) is 11.5 Å². The van der Waals surface area contributed by atoms with Crippen LogP contribution in [0.15, 0.2) is 46.9 Å². The van der Waals surface area contributed by atoms with Crippen LogP contribution in [0, 0.1) is 6.92 Å². The van der Waals surface area contributed by atoms with Gasteiger partial charge in [-0.15, -0.1) is 0 Å². The van der Waals surface area contributed by atoms with Crippen LogP contribution >= 0.6 is 0 Å². The summed E-state index contributed by atoms with van der Waals surface area (Å²) >= 11 is 0. The summed E-state index contributed by atoms with van der Waals surface area (Å²) in [5.41, 5.74) is 2.83. The maximum absolute atomic E-state index is 11.7. The van der Waals surface area contributed by atoms with Crippen LogP contribution in [0.5, 0.6) is 5.75 Å². The number of aromatic nitrogens is 1. The minimum atomic E-state index is -3.62. The molecule has 3 aromatic rings. The lowest BCUT2D eigenvalue weighted by Gasteiger charge is -2.09. The third-order valence-corrected chi connectivity index (χ3v) is 4.37. The van der Waals surface area contributed by atoms with Crippen LogP contribution in [-0.4, -0.2) is 19.2 Å². The van der Waals surface area contributed by atoms with E-state index in [0.717, 1.165) is 5.56 Å². The highest BCUT2D eigenvalue weighted by atomic mass is 32.2. The minimum Gasteiger partial charge on any atom is -0.436 e. The minimum absolute atomic E-state index is 0.103. The molecule has 2 aromatic carbocycles. The first-order valence-electron chi connectivity index (χ1n) is 6.87. The Morgan fingerprint density at radius 1 is 1.18 bits per heavy atom. The molecule has 1 heterocycles. The van der Waals surface area contributed by atoms with Gasteiger partial charge in [0.25, 0.3) is 0 Å². The summed E-state index contributed by atoms with van der Waals surface area (Å²) in [4.78, 5) is 4.40. The van der Waals surface area contributed by atoms with Gasteiger partial charge in [-0.25, -0.2) is 4.98 Å². The smallest absolute Gasteiger partial charge is 0.308 e. The monoisotopic (exact) mass is 317 g/mol. The van der Waals surface area contributed by atoms with Gasteiger partial charge in [0.15, 0.2) is 11.3 Å². The molecule has 0 N–H and O–H groups in total. The predicted octanol–water partition coefficient (Wildman–Crippen LogP) is 3.53. The number of para-hydroxylation sites is 2.